The van der Waals surface area contributed by atoms with Crippen LogP contribution in [0.25, 0.3) is 0 Å². The van der Waals surface area contributed by atoms with Crippen LogP contribution in [-0.2, 0) is 6.54 Å². The van der Waals surface area contributed by atoms with Gasteiger partial charge >= 0.3 is 0 Å². The summed E-state index contributed by atoms with van der Waals surface area (Å²) in [4.78, 5) is 2.31. The van der Waals surface area contributed by atoms with Gasteiger partial charge in [0.05, 0.1) is 5.69 Å². The molecular formula is C14H20N4. The molecule has 2 N–H and O–H groups in total. The lowest BCUT2D eigenvalue weighted by molar-refractivity contribution is 0.724. The Balaban J connectivity index is 2.38. The van der Waals surface area contributed by atoms with Crippen LogP contribution in [0.2, 0.25) is 0 Å². The number of rotatable bonds is 3. The third kappa shape index (κ3) is 2.35. The summed E-state index contributed by atoms with van der Waals surface area (Å²) in [6, 6.07) is 3.97. The maximum absolute atomic E-state index is 9.16. The maximum Gasteiger partial charge on any atom is 0.133 e. The number of nitrogens with zero attached hydrogens (tertiary/aromatic N) is 3. The number of nitrogen functional groups attached to an aromatic ring is 1. The van der Waals surface area contributed by atoms with E-state index in [0.717, 1.165) is 18.9 Å². The summed E-state index contributed by atoms with van der Waals surface area (Å²) in [5.74, 6) is 0.994. The van der Waals surface area contributed by atoms with Gasteiger partial charge < -0.3 is 15.2 Å². The van der Waals surface area contributed by atoms with Crippen LogP contribution in [0.5, 0.6) is 0 Å². The molecule has 4 heteroatoms. The molecule has 0 saturated carbocycles. The quantitative estimate of drug-likeness (QED) is 0.831. The molecule has 1 aliphatic heterocycles. The Morgan fingerprint density at radius 2 is 2.00 bits per heavy atom. The Hall–Kier alpha value is -1.89. The van der Waals surface area contributed by atoms with Crippen LogP contribution >= 0.6 is 0 Å². The molecule has 0 atom stereocenters. The van der Waals surface area contributed by atoms with Crippen LogP contribution in [0.1, 0.15) is 31.4 Å². The monoisotopic (exact) mass is 244 g/mol. The number of anilines is 2. The van der Waals surface area contributed by atoms with Crippen molar-refractivity contribution in [3.05, 3.63) is 24.4 Å². The molecule has 1 fully saturated rings. The maximum atomic E-state index is 9.16. The van der Waals surface area contributed by atoms with Crippen molar-refractivity contribution >= 4 is 11.5 Å². The Kier molecular flexibility index (Phi) is 3.93. The highest BCUT2D eigenvalue weighted by atomic mass is 15.3. The van der Waals surface area contributed by atoms with Gasteiger partial charge in [-0.25, -0.2) is 0 Å². The fraction of sp³-hybridized carbons (Fsp3) is 0.500. The fourth-order valence-electron chi connectivity index (χ4n) is 2.60. The number of aromatic nitrogens is 1. The zero-order chi connectivity index (χ0) is 13.0. The lowest BCUT2D eigenvalue weighted by Gasteiger charge is -2.25. The second-order valence-corrected chi connectivity index (χ2v) is 4.72. The first-order valence-electron chi connectivity index (χ1n) is 6.53. The van der Waals surface area contributed by atoms with Crippen molar-refractivity contribution in [3.8, 4) is 6.07 Å². The lowest BCUT2D eigenvalue weighted by Crippen LogP contribution is -2.27. The molecule has 0 amide bonds. The van der Waals surface area contributed by atoms with Gasteiger partial charge in [0.15, 0.2) is 0 Å². The number of hydrogen-bond acceptors (Lipinski definition) is 3. The summed E-state index contributed by atoms with van der Waals surface area (Å²) < 4.78 is 1.97. The molecule has 1 aromatic heterocycles. The van der Waals surface area contributed by atoms with Gasteiger partial charge in [-0.05, 0) is 18.9 Å². The molecule has 18 heavy (non-hydrogen) atoms. The summed E-state index contributed by atoms with van der Waals surface area (Å²) in [5.41, 5.74) is 7.40. The smallest absolute Gasteiger partial charge is 0.133 e. The second kappa shape index (κ2) is 5.63. The van der Waals surface area contributed by atoms with E-state index in [1.165, 1.54) is 25.7 Å². The van der Waals surface area contributed by atoms with Crippen LogP contribution in [0.4, 0.5) is 11.5 Å². The van der Waals surface area contributed by atoms with E-state index in [-0.39, 0.29) is 0 Å². The molecule has 96 valence electrons. The van der Waals surface area contributed by atoms with Crippen LogP contribution in [0.15, 0.2) is 18.7 Å². The molecule has 0 spiro atoms. The normalized spacial score (nSPS) is 16.1. The Labute approximate surface area is 108 Å². The highest BCUT2D eigenvalue weighted by molar-refractivity contribution is 5.68. The van der Waals surface area contributed by atoms with E-state index in [0.29, 0.717) is 17.9 Å². The first-order chi connectivity index (χ1) is 8.77. The average Bonchev–Trinajstić information content (AvgIpc) is 2.58. The van der Waals surface area contributed by atoms with Gasteiger partial charge in [-0.1, -0.05) is 18.9 Å². The lowest BCUT2D eigenvalue weighted by atomic mass is 10.2. The Morgan fingerprint density at radius 3 is 2.56 bits per heavy atom. The van der Waals surface area contributed by atoms with Gasteiger partial charge in [0.1, 0.15) is 17.6 Å². The Morgan fingerprint density at radius 1 is 1.33 bits per heavy atom. The molecule has 1 aromatic rings. The minimum atomic E-state index is 0.617. The highest BCUT2D eigenvalue weighted by Gasteiger charge is 2.19. The van der Waals surface area contributed by atoms with Crippen molar-refractivity contribution in [2.24, 2.45) is 0 Å². The molecule has 0 radical (unpaired) electrons. The first-order valence-corrected chi connectivity index (χ1v) is 6.53. The van der Waals surface area contributed by atoms with E-state index in [4.69, 9.17) is 11.0 Å². The van der Waals surface area contributed by atoms with Crippen molar-refractivity contribution in [1.82, 2.24) is 4.57 Å². The predicted octanol–water partition coefficient (Wildman–Crippen LogP) is 2.51. The minimum Gasteiger partial charge on any atom is -0.396 e. The van der Waals surface area contributed by atoms with Crippen molar-refractivity contribution in [3.63, 3.8) is 0 Å². The fourth-order valence-corrected chi connectivity index (χ4v) is 2.60. The van der Waals surface area contributed by atoms with Gasteiger partial charge in [0, 0.05) is 19.6 Å². The molecular weight excluding hydrogens is 224 g/mol. The van der Waals surface area contributed by atoms with Crippen molar-refractivity contribution in [1.29, 1.82) is 5.26 Å². The van der Waals surface area contributed by atoms with Crippen molar-refractivity contribution in [2.75, 3.05) is 23.7 Å². The summed E-state index contributed by atoms with van der Waals surface area (Å²) in [6.07, 6.45) is 6.76. The highest BCUT2D eigenvalue weighted by Crippen LogP contribution is 2.29. The van der Waals surface area contributed by atoms with E-state index in [9.17, 15) is 0 Å². The van der Waals surface area contributed by atoms with E-state index < -0.39 is 0 Å². The summed E-state index contributed by atoms with van der Waals surface area (Å²) in [7, 11) is 0. The molecule has 2 heterocycles. The predicted molar refractivity (Wildman–Crippen MR) is 74.4 cm³/mol. The number of nitriles is 1. The molecule has 0 bridgehead atoms. The van der Waals surface area contributed by atoms with Gasteiger partial charge in [-0.2, -0.15) is 5.26 Å². The first kappa shape index (κ1) is 12.6. The minimum absolute atomic E-state index is 0.617. The van der Waals surface area contributed by atoms with E-state index in [1.807, 2.05) is 10.6 Å². The summed E-state index contributed by atoms with van der Waals surface area (Å²) in [6.45, 7) is 6.43. The molecule has 0 unspecified atom stereocenters. The second-order valence-electron chi connectivity index (χ2n) is 4.72. The number of hydrogen-bond donors (Lipinski definition) is 1. The third-order valence-electron chi connectivity index (χ3n) is 3.43. The molecule has 1 aliphatic rings. The third-order valence-corrected chi connectivity index (χ3v) is 3.43. The van der Waals surface area contributed by atoms with E-state index in [1.54, 1.807) is 6.07 Å². The Bertz CT molecular complexity index is 459. The van der Waals surface area contributed by atoms with Gasteiger partial charge in [0.25, 0.3) is 0 Å². The standard InChI is InChI=1S/C14H20N4/c1-2-7-18-12(11-15)10-13(16)14(18)17-8-5-3-4-6-9-17/h2,10H,1,3-9,16H2. The number of allylic oxidation sites excluding steroid dienone is 1. The van der Waals surface area contributed by atoms with Crippen LogP contribution in [0.3, 0.4) is 0 Å². The zero-order valence-electron chi connectivity index (χ0n) is 10.7. The van der Waals surface area contributed by atoms with Gasteiger partial charge in [-0.3, -0.25) is 0 Å². The molecule has 0 aromatic carbocycles. The SMILES string of the molecule is C=CCn1c(C#N)cc(N)c1N1CCCCCC1. The van der Waals surface area contributed by atoms with Gasteiger partial charge in [-0.15, -0.1) is 6.58 Å². The van der Waals surface area contributed by atoms with Crippen LogP contribution in [0, 0.1) is 11.3 Å². The number of nitrogens with two attached hydrogens (primary N) is 1. The topological polar surface area (TPSA) is 58.0 Å². The zero-order valence-corrected chi connectivity index (χ0v) is 10.7. The molecule has 2 rings (SSSR count). The van der Waals surface area contributed by atoms with Gasteiger partial charge in [0.2, 0.25) is 0 Å². The largest absolute Gasteiger partial charge is 0.396 e. The van der Waals surface area contributed by atoms with Crippen LogP contribution in [-0.4, -0.2) is 17.7 Å². The summed E-state index contributed by atoms with van der Waals surface area (Å²) in [5, 5.41) is 9.16. The molecule has 0 aliphatic carbocycles. The van der Waals surface area contributed by atoms with Crippen molar-refractivity contribution < 1.29 is 0 Å². The van der Waals surface area contributed by atoms with E-state index in [2.05, 4.69) is 17.5 Å². The van der Waals surface area contributed by atoms with Crippen LogP contribution < -0.4 is 10.6 Å². The van der Waals surface area contributed by atoms with E-state index >= 15 is 0 Å². The summed E-state index contributed by atoms with van der Waals surface area (Å²) >= 11 is 0. The average molecular weight is 244 g/mol. The molecule has 4 nitrogen and oxygen atoms in total. The van der Waals surface area contributed by atoms with Crippen molar-refractivity contribution in [2.45, 2.75) is 32.2 Å². The molecule has 1 saturated heterocycles.